The molecule has 5 nitrogen and oxygen atoms in total. The van der Waals surface area contributed by atoms with Crippen molar-refractivity contribution in [3.05, 3.63) is 39.0 Å². The number of aryl methyl sites for hydroxylation is 1. The molecule has 0 radical (unpaired) electrons. The highest BCUT2D eigenvalue weighted by atomic mass is 127. The topological polar surface area (TPSA) is 60.7 Å². The monoisotopic (exact) mass is 435 g/mol. The number of aromatic hydroxyl groups is 1. The van der Waals surface area contributed by atoms with Gasteiger partial charge < -0.3 is 19.1 Å². The molecule has 0 atom stereocenters. The number of rotatable bonds is 2. The molecule has 0 aliphatic heterocycles. The average Bonchev–Trinajstić information content (AvgIpc) is 3.04. The van der Waals surface area contributed by atoms with E-state index >= 15 is 0 Å². The Morgan fingerprint density at radius 1 is 1.08 bits per heavy atom. The Labute approximate surface area is 151 Å². The molecule has 1 heterocycles. The van der Waals surface area contributed by atoms with Crippen molar-refractivity contribution in [3.8, 4) is 28.5 Å². The van der Waals surface area contributed by atoms with Gasteiger partial charge in [-0.3, -0.25) is 4.79 Å². The number of carbonyl (C=O) groups excluding carboxylic acids is 1. The summed E-state index contributed by atoms with van der Waals surface area (Å²) in [5.41, 5.74) is 3.79. The molecule has 0 amide bonds. The van der Waals surface area contributed by atoms with Crippen molar-refractivity contribution < 1.29 is 19.4 Å². The van der Waals surface area contributed by atoms with Crippen LogP contribution in [0.2, 0.25) is 0 Å². The summed E-state index contributed by atoms with van der Waals surface area (Å²) in [5, 5.41) is 10.8. The van der Waals surface area contributed by atoms with Crippen LogP contribution in [-0.4, -0.2) is 29.7 Å². The zero-order chi connectivity index (χ0) is 17.2. The van der Waals surface area contributed by atoms with Gasteiger partial charge in [-0.15, -0.1) is 0 Å². The van der Waals surface area contributed by atoms with Gasteiger partial charge in [-0.05, 0) is 46.9 Å². The summed E-state index contributed by atoms with van der Waals surface area (Å²) in [6, 6.07) is 7.04. The lowest BCUT2D eigenvalue weighted by molar-refractivity contribution is 0.104. The fraction of sp³-hybridized carbons (Fsp3) is 0.167. The Kier molecular flexibility index (Phi) is 3.28. The van der Waals surface area contributed by atoms with E-state index in [0.717, 1.165) is 22.2 Å². The lowest BCUT2D eigenvalue weighted by atomic mass is 10.1. The van der Waals surface area contributed by atoms with E-state index in [-0.39, 0.29) is 11.5 Å². The normalized spacial score (nSPS) is 12.4. The minimum absolute atomic E-state index is 0.0601. The van der Waals surface area contributed by atoms with Crippen LogP contribution in [0.1, 0.15) is 15.9 Å². The van der Waals surface area contributed by atoms with Crippen molar-refractivity contribution in [2.24, 2.45) is 7.05 Å². The van der Waals surface area contributed by atoms with Crippen LogP contribution in [0.4, 0.5) is 0 Å². The Morgan fingerprint density at radius 3 is 2.33 bits per heavy atom. The number of nitrogens with zero attached hydrogens (tertiary/aromatic N) is 1. The van der Waals surface area contributed by atoms with E-state index in [9.17, 15) is 9.90 Å². The number of phenolic OH excluding ortho intramolecular Hbond substituents is 1. The van der Waals surface area contributed by atoms with Crippen LogP contribution >= 0.6 is 22.6 Å². The Bertz CT molecular complexity index is 1040. The predicted octanol–water partition coefficient (Wildman–Crippen LogP) is 3.72. The average molecular weight is 435 g/mol. The maximum absolute atomic E-state index is 13.1. The smallest absolute Gasteiger partial charge is 0.196 e. The van der Waals surface area contributed by atoms with Crippen LogP contribution < -0.4 is 9.47 Å². The molecule has 0 saturated heterocycles. The first kappa shape index (κ1) is 15.3. The molecule has 3 aromatic rings. The lowest BCUT2D eigenvalue weighted by Crippen LogP contribution is -1.99. The molecule has 4 rings (SSSR count). The van der Waals surface area contributed by atoms with E-state index in [1.54, 1.807) is 26.4 Å². The summed E-state index contributed by atoms with van der Waals surface area (Å²) in [4.78, 5) is 13.1. The third-order valence-corrected chi connectivity index (χ3v) is 5.63. The number of ether oxygens (including phenoxy) is 2. The molecule has 24 heavy (non-hydrogen) atoms. The number of aromatic nitrogens is 1. The number of ketones is 1. The molecule has 0 unspecified atom stereocenters. The fourth-order valence-corrected chi connectivity index (χ4v) is 4.14. The number of hydrogen-bond donors (Lipinski definition) is 1. The zero-order valence-electron chi connectivity index (χ0n) is 13.3. The third-order valence-electron chi connectivity index (χ3n) is 4.53. The van der Waals surface area contributed by atoms with Crippen LogP contribution in [0.5, 0.6) is 17.2 Å². The highest BCUT2D eigenvalue weighted by Crippen LogP contribution is 2.47. The zero-order valence-corrected chi connectivity index (χ0v) is 15.5. The molecule has 122 valence electrons. The van der Waals surface area contributed by atoms with Gasteiger partial charge in [0.15, 0.2) is 17.3 Å². The second-order valence-electron chi connectivity index (χ2n) is 5.66. The number of phenols is 1. The molecule has 1 N–H and O–H groups in total. The molecule has 0 saturated carbocycles. The van der Waals surface area contributed by atoms with Crippen molar-refractivity contribution in [2.45, 2.75) is 0 Å². The van der Waals surface area contributed by atoms with Crippen molar-refractivity contribution in [3.63, 3.8) is 0 Å². The summed E-state index contributed by atoms with van der Waals surface area (Å²) < 4.78 is 13.4. The minimum Gasteiger partial charge on any atom is -0.507 e. The van der Waals surface area contributed by atoms with Gasteiger partial charge in [0.05, 0.1) is 34.6 Å². The van der Waals surface area contributed by atoms with Gasteiger partial charge in [-0.1, -0.05) is 0 Å². The molecular formula is C18H14INO4. The quantitative estimate of drug-likeness (QED) is 0.488. The molecule has 6 heteroatoms. The third kappa shape index (κ3) is 1.77. The first-order chi connectivity index (χ1) is 11.5. The number of fused-ring (bicyclic) bond motifs is 5. The number of benzene rings is 2. The summed E-state index contributed by atoms with van der Waals surface area (Å²) in [5.74, 6) is 1.23. The predicted molar refractivity (Wildman–Crippen MR) is 99.3 cm³/mol. The molecular weight excluding hydrogens is 421 g/mol. The standard InChI is InChI=1S/C18H14INO4/c1-20-10-4-5-11(21)16(19)14(10)15-17(20)8-6-12(23-2)13(24-3)7-9(8)18(15)22/h4-7,21H,1-3H3. The second-order valence-corrected chi connectivity index (χ2v) is 6.74. The molecule has 0 fully saturated rings. The SMILES string of the molecule is COc1cc2c(cc1OC)-c1c(c3c(I)c(O)ccc3n1C)C2=O. The van der Waals surface area contributed by atoms with Crippen molar-refractivity contribution >= 4 is 39.3 Å². The maximum atomic E-state index is 13.1. The Morgan fingerprint density at radius 2 is 1.71 bits per heavy atom. The number of carbonyl (C=O) groups is 1. The van der Waals surface area contributed by atoms with Crippen LogP contribution in [0.25, 0.3) is 22.2 Å². The number of halogens is 1. The number of methoxy groups -OCH3 is 2. The van der Waals surface area contributed by atoms with E-state index in [1.807, 2.05) is 23.7 Å². The first-order valence-electron chi connectivity index (χ1n) is 7.30. The van der Waals surface area contributed by atoms with Gasteiger partial charge >= 0.3 is 0 Å². The Hall–Kier alpha value is -2.22. The van der Waals surface area contributed by atoms with Gasteiger partial charge in [0.2, 0.25) is 0 Å². The maximum Gasteiger partial charge on any atom is 0.196 e. The summed E-state index contributed by atoms with van der Waals surface area (Å²) in [6.45, 7) is 0. The summed E-state index contributed by atoms with van der Waals surface area (Å²) in [6.07, 6.45) is 0. The van der Waals surface area contributed by atoms with Gasteiger partial charge in [0, 0.05) is 23.6 Å². The lowest BCUT2D eigenvalue weighted by Gasteiger charge is -2.11. The molecule has 1 aliphatic carbocycles. The van der Waals surface area contributed by atoms with E-state index < -0.39 is 0 Å². The van der Waals surface area contributed by atoms with Crippen molar-refractivity contribution in [2.75, 3.05) is 14.2 Å². The molecule has 2 aromatic carbocycles. The van der Waals surface area contributed by atoms with E-state index in [2.05, 4.69) is 22.6 Å². The molecule has 0 bridgehead atoms. The van der Waals surface area contributed by atoms with Crippen molar-refractivity contribution in [1.29, 1.82) is 0 Å². The van der Waals surface area contributed by atoms with E-state index in [1.165, 1.54) is 0 Å². The van der Waals surface area contributed by atoms with Gasteiger partial charge in [0.25, 0.3) is 0 Å². The summed E-state index contributed by atoms with van der Waals surface area (Å²) in [7, 11) is 5.05. The summed E-state index contributed by atoms with van der Waals surface area (Å²) >= 11 is 2.08. The van der Waals surface area contributed by atoms with Crippen molar-refractivity contribution in [1.82, 2.24) is 4.57 Å². The van der Waals surface area contributed by atoms with Crippen LogP contribution in [0.15, 0.2) is 24.3 Å². The highest BCUT2D eigenvalue weighted by Gasteiger charge is 2.35. The van der Waals surface area contributed by atoms with Gasteiger partial charge in [-0.25, -0.2) is 0 Å². The minimum atomic E-state index is -0.0601. The first-order valence-corrected chi connectivity index (χ1v) is 8.38. The molecule has 1 aliphatic rings. The highest BCUT2D eigenvalue weighted by molar-refractivity contribution is 14.1. The van der Waals surface area contributed by atoms with E-state index in [4.69, 9.17) is 9.47 Å². The van der Waals surface area contributed by atoms with Crippen LogP contribution in [0, 0.1) is 3.57 Å². The molecule has 0 spiro atoms. The van der Waals surface area contributed by atoms with E-state index in [0.29, 0.717) is 26.2 Å². The Balaban J connectivity index is 2.14. The number of hydrogen-bond acceptors (Lipinski definition) is 4. The molecule has 1 aromatic heterocycles. The van der Waals surface area contributed by atoms with Gasteiger partial charge in [0.1, 0.15) is 5.75 Å². The largest absolute Gasteiger partial charge is 0.507 e. The van der Waals surface area contributed by atoms with Gasteiger partial charge in [-0.2, -0.15) is 0 Å². The van der Waals surface area contributed by atoms with Crippen LogP contribution in [0.3, 0.4) is 0 Å². The second kappa shape index (κ2) is 5.14. The van der Waals surface area contributed by atoms with Crippen LogP contribution in [-0.2, 0) is 7.05 Å². The fourth-order valence-electron chi connectivity index (χ4n) is 3.41.